The van der Waals surface area contributed by atoms with Crippen LogP contribution in [0.25, 0.3) is 11.2 Å². The minimum Gasteiger partial charge on any atom is -0.338 e. The van der Waals surface area contributed by atoms with Crippen molar-refractivity contribution in [2.45, 2.75) is 0 Å². The Labute approximate surface area is 144 Å². The lowest BCUT2D eigenvalue weighted by molar-refractivity contribution is 0.311. The molecule has 128 valence electrons. The molecule has 1 aliphatic heterocycles. The number of nitrogens with zero attached hydrogens (tertiary/aromatic N) is 6. The van der Waals surface area contributed by atoms with Crippen LogP contribution >= 0.6 is 0 Å². The molecule has 1 aliphatic rings. The summed E-state index contributed by atoms with van der Waals surface area (Å²) in [7, 11) is 2.10. The molecule has 0 aliphatic carbocycles. The van der Waals surface area contributed by atoms with Gasteiger partial charge in [-0.05, 0) is 31.3 Å². The highest BCUT2D eigenvalue weighted by Crippen LogP contribution is 2.24. The molecule has 0 radical (unpaired) electrons. The van der Waals surface area contributed by atoms with Crippen LogP contribution in [-0.4, -0.2) is 58.1 Å². The van der Waals surface area contributed by atoms with E-state index in [4.69, 9.17) is 0 Å². The zero-order chi connectivity index (χ0) is 17.2. The number of anilines is 3. The van der Waals surface area contributed by atoms with Gasteiger partial charge in [-0.3, -0.25) is 0 Å². The molecule has 1 N–H and O–H groups in total. The van der Waals surface area contributed by atoms with Gasteiger partial charge >= 0.3 is 0 Å². The Morgan fingerprint density at radius 3 is 2.44 bits per heavy atom. The van der Waals surface area contributed by atoms with Crippen LogP contribution < -0.4 is 10.2 Å². The van der Waals surface area contributed by atoms with E-state index >= 15 is 0 Å². The molecular weight excluding hydrogens is 321 g/mol. The van der Waals surface area contributed by atoms with Crippen LogP contribution in [0, 0.1) is 5.82 Å². The second kappa shape index (κ2) is 6.56. The Morgan fingerprint density at radius 1 is 0.960 bits per heavy atom. The molecule has 3 aromatic rings. The van der Waals surface area contributed by atoms with Gasteiger partial charge < -0.3 is 15.1 Å². The van der Waals surface area contributed by atoms with Crippen molar-refractivity contribution in [3.05, 3.63) is 42.5 Å². The average Bonchev–Trinajstić information content (AvgIpc) is 2.64. The Balaban J connectivity index is 1.72. The first-order chi connectivity index (χ1) is 12.2. The number of halogens is 1. The second-order valence-corrected chi connectivity index (χ2v) is 6.02. The SMILES string of the molecule is CN1CCN(c2nc(Nc3ccc(F)cc3)c3nccnc3n2)CC1. The largest absolute Gasteiger partial charge is 0.338 e. The van der Waals surface area contributed by atoms with Crippen molar-refractivity contribution in [1.82, 2.24) is 24.8 Å². The zero-order valence-electron chi connectivity index (χ0n) is 13.9. The molecule has 0 bridgehead atoms. The van der Waals surface area contributed by atoms with Crippen LogP contribution in [0.15, 0.2) is 36.7 Å². The number of likely N-dealkylation sites (N-methyl/N-ethyl adjacent to an activating group) is 1. The van der Waals surface area contributed by atoms with Crippen molar-refractivity contribution in [1.29, 1.82) is 0 Å². The Bertz CT molecular complexity index is 876. The Kier molecular flexibility index (Phi) is 4.10. The predicted octanol–water partition coefficient (Wildman–Crippen LogP) is 2.05. The fraction of sp³-hybridized carbons (Fsp3) is 0.294. The van der Waals surface area contributed by atoms with Crippen molar-refractivity contribution in [2.75, 3.05) is 43.4 Å². The first kappa shape index (κ1) is 15.6. The van der Waals surface area contributed by atoms with E-state index < -0.39 is 0 Å². The van der Waals surface area contributed by atoms with Gasteiger partial charge in [0.2, 0.25) is 5.95 Å². The van der Waals surface area contributed by atoms with Crippen LogP contribution in [0.4, 0.5) is 21.8 Å². The molecule has 1 aromatic carbocycles. The summed E-state index contributed by atoms with van der Waals surface area (Å²) in [4.78, 5) is 22.3. The second-order valence-electron chi connectivity index (χ2n) is 6.02. The summed E-state index contributed by atoms with van der Waals surface area (Å²) in [5.41, 5.74) is 1.86. The van der Waals surface area contributed by atoms with Gasteiger partial charge in [0.1, 0.15) is 5.82 Å². The summed E-state index contributed by atoms with van der Waals surface area (Å²) < 4.78 is 13.1. The lowest BCUT2D eigenvalue weighted by Gasteiger charge is -2.32. The van der Waals surface area contributed by atoms with Gasteiger partial charge in [0.25, 0.3) is 0 Å². The van der Waals surface area contributed by atoms with E-state index in [2.05, 4.69) is 42.1 Å². The van der Waals surface area contributed by atoms with Gasteiger partial charge in [0.15, 0.2) is 17.0 Å². The third-order valence-corrected chi connectivity index (χ3v) is 4.21. The number of rotatable bonds is 3. The van der Waals surface area contributed by atoms with Crippen LogP contribution in [0.2, 0.25) is 0 Å². The quantitative estimate of drug-likeness (QED) is 0.783. The number of hydrogen-bond donors (Lipinski definition) is 1. The summed E-state index contributed by atoms with van der Waals surface area (Å²) in [5.74, 6) is 0.917. The maximum Gasteiger partial charge on any atom is 0.229 e. The fourth-order valence-electron chi connectivity index (χ4n) is 2.76. The molecule has 2 aromatic heterocycles. The normalized spacial score (nSPS) is 15.5. The van der Waals surface area contributed by atoms with Gasteiger partial charge in [0, 0.05) is 44.3 Å². The highest BCUT2D eigenvalue weighted by Gasteiger charge is 2.19. The fourth-order valence-corrected chi connectivity index (χ4v) is 2.76. The summed E-state index contributed by atoms with van der Waals surface area (Å²) in [5, 5.41) is 3.21. The van der Waals surface area contributed by atoms with Gasteiger partial charge in [-0.15, -0.1) is 0 Å². The van der Waals surface area contributed by atoms with E-state index in [0.29, 0.717) is 22.9 Å². The van der Waals surface area contributed by atoms with Crippen molar-refractivity contribution < 1.29 is 4.39 Å². The molecule has 25 heavy (non-hydrogen) atoms. The Morgan fingerprint density at radius 2 is 1.68 bits per heavy atom. The molecule has 0 spiro atoms. The van der Waals surface area contributed by atoms with E-state index in [9.17, 15) is 4.39 Å². The van der Waals surface area contributed by atoms with E-state index in [-0.39, 0.29) is 5.82 Å². The van der Waals surface area contributed by atoms with Crippen LogP contribution in [0.5, 0.6) is 0 Å². The molecule has 0 amide bonds. The van der Waals surface area contributed by atoms with Crippen molar-refractivity contribution in [3.8, 4) is 0 Å². The standard InChI is InChI=1S/C17H18FN7/c1-24-8-10-25(11-9-24)17-22-15-14(19-6-7-20-15)16(23-17)21-13-4-2-12(18)3-5-13/h2-7H,8-11H2,1H3,(H,20,21,22,23). The summed E-state index contributed by atoms with van der Waals surface area (Å²) in [6.45, 7) is 3.64. The first-order valence-electron chi connectivity index (χ1n) is 8.14. The third kappa shape index (κ3) is 3.34. The summed E-state index contributed by atoms with van der Waals surface area (Å²) in [6, 6.07) is 6.13. The molecular formula is C17H18FN7. The number of fused-ring (bicyclic) bond motifs is 1. The number of piperazine rings is 1. The van der Waals surface area contributed by atoms with E-state index in [1.54, 1.807) is 24.5 Å². The minimum absolute atomic E-state index is 0.281. The van der Waals surface area contributed by atoms with E-state index in [0.717, 1.165) is 31.9 Å². The molecule has 7 nitrogen and oxygen atoms in total. The smallest absolute Gasteiger partial charge is 0.229 e. The van der Waals surface area contributed by atoms with Gasteiger partial charge in [0.05, 0.1) is 0 Å². The van der Waals surface area contributed by atoms with E-state index in [1.165, 1.54) is 12.1 Å². The zero-order valence-corrected chi connectivity index (χ0v) is 13.9. The molecule has 3 heterocycles. The lowest BCUT2D eigenvalue weighted by atomic mass is 10.3. The van der Waals surface area contributed by atoms with Gasteiger partial charge in [-0.2, -0.15) is 9.97 Å². The Hall–Kier alpha value is -2.87. The number of aromatic nitrogens is 4. The average molecular weight is 339 g/mol. The molecule has 0 unspecified atom stereocenters. The molecule has 8 heteroatoms. The molecule has 0 saturated carbocycles. The van der Waals surface area contributed by atoms with Crippen LogP contribution in [0.3, 0.4) is 0 Å². The first-order valence-corrected chi connectivity index (χ1v) is 8.14. The molecule has 1 saturated heterocycles. The van der Waals surface area contributed by atoms with Crippen LogP contribution in [0.1, 0.15) is 0 Å². The maximum absolute atomic E-state index is 13.1. The number of hydrogen-bond acceptors (Lipinski definition) is 7. The third-order valence-electron chi connectivity index (χ3n) is 4.21. The topological polar surface area (TPSA) is 70.1 Å². The van der Waals surface area contributed by atoms with Crippen molar-refractivity contribution in [2.24, 2.45) is 0 Å². The van der Waals surface area contributed by atoms with Crippen LogP contribution in [-0.2, 0) is 0 Å². The van der Waals surface area contributed by atoms with Crippen molar-refractivity contribution >= 4 is 28.6 Å². The lowest BCUT2D eigenvalue weighted by Crippen LogP contribution is -2.45. The molecule has 4 rings (SSSR count). The molecule has 0 atom stereocenters. The summed E-state index contributed by atoms with van der Waals surface area (Å²) in [6.07, 6.45) is 3.22. The molecule has 1 fully saturated rings. The minimum atomic E-state index is -0.281. The van der Waals surface area contributed by atoms with Gasteiger partial charge in [-0.25, -0.2) is 14.4 Å². The predicted molar refractivity (Wildman–Crippen MR) is 94.5 cm³/mol. The number of nitrogens with one attached hydrogen (secondary N) is 1. The summed E-state index contributed by atoms with van der Waals surface area (Å²) >= 11 is 0. The monoisotopic (exact) mass is 339 g/mol. The highest BCUT2D eigenvalue weighted by molar-refractivity contribution is 5.85. The maximum atomic E-state index is 13.1. The van der Waals surface area contributed by atoms with Gasteiger partial charge in [-0.1, -0.05) is 0 Å². The van der Waals surface area contributed by atoms with Crippen molar-refractivity contribution in [3.63, 3.8) is 0 Å². The highest BCUT2D eigenvalue weighted by atomic mass is 19.1. The number of benzene rings is 1. The van der Waals surface area contributed by atoms with E-state index in [1.807, 2.05) is 0 Å².